The molecular weight excluding hydrogens is 260 g/mol. The number of halogens is 1. The topological polar surface area (TPSA) is 98.8 Å². The predicted octanol–water partition coefficient (Wildman–Crippen LogP) is 0.943. The minimum Gasteiger partial charge on any atom is -0.313 e. The molecule has 0 radical (unpaired) electrons. The number of tetrazole rings is 1. The van der Waals surface area contributed by atoms with Gasteiger partial charge in [-0.15, -0.1) is 5.10 Å². The fourth-order valence-electron chi connectivity index (χ4n) is 1.45. The Morgan fingerprint density at radius 1 is 1.56 bits per heavy atom. The lowest BCUT2D eigenvalue weighted by molar-refractivity contribution is -0.384. The highest BCUT2D eigenvalue weighted by molar-refractivity contribution is 6.32. The molecule has 9 heteroatoms. The van der Waals surface area contributed by atoms with Gasteiger partial charge in [0.15, 0.2) is 5.82 Å². The van der Waals surface area contributed by atoms with Crippen LogP contribution in [0.1, 0.15) is 5.82 Å². The molecule has 2 aromatic rings. The van der Waals surface area contributed by atoms with Crippen LogP contribution in [0.15, 0.2) is 18.2 Å². The van der Waals surface area contributed by atoms with Crippen molar-refractivity contribution in [3.8, 4) is 5.69 Å². The van der Waals surface area contributed by atoms with Gasteiger partial charge in [-0.25, -0.2) is 0 Å². The third-order valence-electron chi connectivity index (χ3n) is 2.24. The Kier molecular flexibility index (Phi) is 3.49. The van der Waals surface area contributed by atoms with E-state index in [-0.39, 0.29) is 10.7 Å². The molecule has 1 heterocycles. The van der Waals surface area contributed by atoms with Crippen molar-refractivity contribution in [1.29, 1.82) is 0 Å². The molecule has 18 heavy (non-hydrogen) atoms. The number of hydrogen-bond acceptors (Lipinski definition) is 6. The van der Waals surface area contributed by atoms with E-state index in [0.717, 1.165) is 0 Å². The van der Waals surface area contributed by atoms with Crippen molar-refractivity contribution in [2.75, 3.05) is 7.05 Å². The first-order valence-corrected chi connectivity index (χ1v) is 5.37. The zero-order chi connectivity index (χ0) is 13.1. The van der Waals surface area contributed by atoms with Gasteiger partial charge in [-0.05, 0) is 29.6 Å². The molecule has 0 fully saturated rings. The summed E-state index contributed by atoms with van der Waals surface area (Å²) >= 11 is 5.74. The Hall–Kier alpha value is -2.06. The van der Waals surface area contributed by atoms with E-state index in [9.17, 15) is 10.1 Å². The predicted molar refractivity (Wildman–Crippen MR) is 63.6 cm³/mol. The standard InChI is InChI=1S/C9H9ClN6O2/c1-11-5-9-12-13-14-15(9)6-2-3-7(10)8(4-6)16(17)18/h2-4,11H,5H2,1H3. The number of aromatic nitrogens is 4. The number of rotatable bonds is 4. The smallest absolute Gasteiger partial charge is 0.290 e. The summed E-state index contributed by atoms with van der Waals surface area (Å²) in [5.41, 5.74) is 0.307. The van der Waals surface area contributed by atoms with Crippen LogP contribution in [0.2, 0.25) is 5.02 Å². The summed E-state index contributed by atoms with van der Waals surface area (Å²) in [6.07, 6.45) is 0. The monoisotopic (exact) mass is 268 g/mol. The first-order valence-electron chi connectivity index (χ1n) is 4.99. The molecule has 1 aromatic carbocycles. The third-order valence-corrected chi connectivity index (χ3v) is 2.56. The number of hydrogen-bond donors (Lipinski definition) is 1. The minimum absolute atomic E-state index is 0.0759. The first kappa shape index (κ1) is 12.4. The van der Waals surface area contributed by atoms with Gasteiger partial charge in [0.05, 0.1) is 17.2 Å². The van der Waals surface area contributed by atoms with Gasteiger partial charge in [-0.1, -0.05) is 11.6 Å². The molecule has 2 rings (SSSR count). The molecule has 0 bridgehead atoms. The summed E-state index contributed by atoms with van der Waals surface area (Å²) in [4.78, 5) is 10.3. The van der Waals surface area contributed by atoms with Gasteiger partial charge in [0, 0.05) is 6.07 Å². The third kappa shape index (κ3) is 2.29. The van der Waals surface area contributed by atoms with Crippen LogP contribution in [0.25, 0.3) is 5.69 Å². The lowest BCUT2D eigenvalue weighted by Crippen LogP contribution is -2.12. The molecule has 0 saturated carbocycles. The van der Waals surface area contributed by atoms with Crippen LogP contribution in [0, 0.1) is 10.1 Å². The summed E-state index contributed by atoms with van der Waals surface area (Å²) in [7, 11) is 1.75. The van der Waals surface area contributed by atoms with Crippen molar-refractivity contribution in [3.05, 3.63) is 39.2 Å². The van der Waals surface area contributed by atoms with Crippen LogP contribution in [0.3, 0.4) is 0 Å². The lowest BCUT2D eigenvalue weighted by atomic mass is 10.3. The van der Waals surface area contributed by atoms with E-state index in [1.54, 1.807) is 13.1 Å². The van der Waals surface area contributed by atoms with E-state index in [1.165, 1.54) is 16.8 Å². The first-order chi connectivity index (χ1) is 8.63. The van der Waals surface area contributed by atoms with Gasteiger partial charge < -0.3 is 5.32 Å². The van der Waals surface area contributed by atoms with Gasteiger partial charge in [0.2, 0.25) is 0 Å². The molecular formula is C9H9ClN6O2. The SMILES string of the molecule is CNCc1nnnn1-c1ccc(Cl)c([N+](=O)[O-])c1. The van der Waals surface area contributed by atoms with Crippen molar-refractivity contribution < 1.29 is 4.92 Å². The van der Waals surface area contributed by atoms with Crippen molar-refractivity contribution in [1.82, 2.24) is 25.5 Å². The van der Waals surface area contributed by atoms with E-state index in [1.807, 2.05) is 0 Å². The molecule has 0 unspecified atom stereocenters. The van der Waals surface area contributed by atoms with Gasteiger partial charge >= 0.3 is 0 Å². The van der Waals surface area contributed by atoms with Gasteiger partial charge in [-0.2, -0.15) is 4.68 Å². The Labute approximate surface area is 107 Å². The normalized spacial score (nSPS) is 10.6. The number of nitrogens with one attached hydrogen (secondary N) is 1. The molecule has 0 atom stereocenters. The minimum atomic E-state index is -0.548. The van der Waals surface area contributed by atoms with Crippen LogP contribution >= 0.6 is 11.6 Å². The van der Waals surface area contributed by atoms with E-state index in [2.05, 4.69) is 20.8 Å². The molecule has 1 aromatic heterocycles. The van der Waals surface area contributed by atoms with Crippen molar-refractivity contribution in [2.24, 2.45) is 0 Å². The summed E-state index contributed by atoms with van der Waals surface area (Å²) < 4.78 is 1.42. The van der Waals surface area contributed by atoms with E-state index >= 15 is 0 Å². The highest BCUT2D eigenvalue weighted by Gasteiger charge is 2.15. The fraction of sp³-hybridized carbons (Fsp3) is 0.222. The molecule has 0 aliphatic carbocycles. The zero-order valence-corrected chi connectivity index (χ0v) is 10.1. The number of nitro benzene ring substituents is 1. The van der Waals surface area contributed by atoms with E-state index < -0.39 is 4.92 Å². The Balaban J connectivity index is 2.47. The van der Waals surface area contributed by atoms with Gasteiger partial charge in [-0.3, -0.25) is 10.1 Å². The second-order valence-electron chi connectivity index (χ2n) is 3.43. The molecule has 0 aliphatic rings. The molecule has 0 amide bonds. The summed E-state index contributed by atoms with van der Waals surface area (Å²) in [5, 5.41) is 24.9. The van der Waals surface area contributed by atoms with E-state index in [0.29, 0.717) is 18.1 Å². The average molecular weight is 269 g/mol. The molecule has 0 saturated heterocycles. The summed E-state index contributed by atoms with van der Waals surface area (Å²) in [6.45, 7) is 0.448. The molecule has 94 valence electrons. The van der Waals surface area contributed by atoms with Crippen molar-refractivity contribution in [2.45, 2.75) is 6.54 Å². The van der Waals surface area contributed by atoms with Crippen LogP contribution in [0.4, 0.5) is 5.69 Å². The largest absolute Gasteiger partial charge is 0.313 e. The maximum Gasteiger partial charge on any atom is 0.290 e. The second-order valence-corrected chi connectivity index (χ2v) is 3.84. The second kappa shape index (κ2) is 5.07. The fourth-order valence-corrected chi connectivity index (χ4v) is 1.63. The Morgan fingerprint density at radius 2 is 2.33 bits per heavy atom. The van der Waals surface area contributed by atoms with Crippen molar-refractivity contribution >= 4 is 17.3 Å². The van der Waals surface area contributed by atoms with Crippen LogP contribution in [0.5, 0.6) is 0 Å². The molecule has 1 N–H and O–H groups in total. The zero-order valence-electron chi connectivity index (χ0n) is 9.37. The van der Waals surface area contributed by atoms with E-state index in [4.69, 9.17) is 11.6 Å². The number of nitrogens with zero attached hydrogens (tertiary/aromatic N) is 5. The van der Waals surface area contributed by atoms with Crippen molar-refractivity contribution in [3.63, 3.8) is 0 Å². The number of benzene rings is 1. The quantitative estimate of drug-likeness (QED) is 0.654. The average Bonchev–Trinajstić information content (AvgIpc) is 2.78. The lowest BCUT2D eigenvalue weighted by Gasteiger charge is -2.04. The van der Waals surface area contributed by atoms with Crippen LogP contribution in [-0.2, 0) is 6.54 Å². The summed E-state index contributed by atoms with van der Waals surface area (Å²) in [5.74, 6) is 0.550. The summed E-state index contributed by atoms with van der Waals surface area (Å²) in [6, 6.07) is 4.39. The molecule has 0 spiro atoms. The van der Waals surface area contributed by atoms with Crippen LogP contribution in [-0.4, -0.2) is 32.2 Å². The highest BCUT2D eigenvalue weighted by Crippen LogP contribution is 2.26. The van der Waals surface area contributed by atoms with Crippen LogP contribution < -0.4 is 5.32 Å². The maximum absolute atomic E-state index is 10.8. The Morgan fingerprint density at radius 3 is 3.00 bits per heavy atom. The maximum atomic E-state index is 10.8. The number of nitro groups is 1. The molecule has 8 nitrogen and oxygen atoms in total. The van der Waals surface area contributed by atoms with Gasteiger partial charge in [0.1, 0.15) is 5.02 Å². The highest BCUT2D eigenvalue weighted by atomic mass is 35.5. The van der Waals surface area contributed by atoms with Gasteiger partial charge in [0.25, 0.3) is 5.69 Å². The molecule has 0 aliphatic heterocycles. The Bertz CT molecular complexity index is 584.